The Kier molecular flexibility index (Phi) is 4.34. The Morgan fingerprint density at radius 2 is 2.05 bits per heavy atom. The third-order valence-corrected chi connectivity index (χ3v) is 2.67. The van der Waals surface area contributed by atoms with Crippen LogP contribution < -0.4 is 0 Å². The lowest BCUT2D eigenvalue weighted by Crippen LogP contribution is -2.01. The van der Waals surface area contributed by atoms with E-state index in [1.54, 1.807) is 6.07 Å². The maximum atomic E-state index is 13.2. The van der Waals surface area contributed by atoms with Gasteiger partial charge in [0.25, 0.3) is 0 Å². The SMILES string of the molecule is CCOCc1nc(=S)cc(-c2ccc(F)c(F)c2)[nH]1. The van der Waals surface area contributed by atoms with Crippen LogP contribution in [-0.4, -0.2) is 16.6 Å². The first-order chi connectivity index (χ1) is 9.10. The summed E-state index contributed by atoms with van der Waals surface area (Å²) in [5, 5.41) is 0. The highest BCUT2D eigenvalue weighted by molar-refractivity contribution is 7.71. The number of ether oxygens (including phenoxy) is 1. The van der Waals surface area contributed by atoms with Crippen molar-refractivity contribution in [3.8, 4) is 11.3 Å². The van der Waals surface area contributed by atoms with Crippen LogP contribution in [0.1, 0.15) is 12.7 Å². The summed E-state index contributed by atoms with van der Waals surface area (Å²) in [6.45, 7) is 2.71. The topological polar surface area (TPSA) is 37.9 Å². The summed E-state index contributed by atoms with van der Waals surface area (Å²) in [5.74, 6) is -1.24. The lowest BCUT2D eigenvalue weighted by Gasteiger charge is -2.06. The van der Waals surface area contributed by atoms with E-state index in [0.29, 0.717) is 28.3 Å². The second-order valence-corrected chi connectivity index (χ2v) is 4.26. The van der Waals surface area contributed by atoms with Gasteiger partial charge >= 0.3 is 0 Å². The molecule has 0 unspecified atom stereocenters. The monoisotopic (exact) mass is 282 g/mol. The molecule has 0 amide bonds. The average Bonchev–Trinajstić information content (AvgIpc) is 2.39. The van der Waals surface area contributed by atoms with Gasteiger partial charge in [-0.3, -0.25) is 0 Å². The lowest BCUT2D eigenvalue weighted by atomic mass is 10.1. The van der Waals surface area contributed by atoms with E-state index in [1.165, 1.54) is 6.07 Å². The number of benzene rings is 1. The first-order valence-electron chi connectivity index (χ1n) is 5.73. The molecule has 1 aromatic carbocycles. The van der Waals surface area contributed by atoms with E-state index in [4.69, 9.17) is 17.0 Å². The van der Waals surface area contributed by atoms with Crippen molar-refractivity contribution in [2.24, 2.45) is 0 Å². The number of rotatable bonds is 4. The maximum absolute atomic E-state index is 13.2. The molecule has 3 nitrogen and oxygen atoms in total. The molecule has 19 heavy (non-hydrogen) atoms. The molecule has 0 atom stereocenters. The molecule has 0 fully saturated rings. The van der Waals surface area contributed by atoms with E-state index < -0.39 is 11.6 Å². The molecule has 0 radical (unpaired) electrons. The summed E-state index contributed by atoms with van der Waals surface area (Å²) >= 11 is 5.04. The fourth-order valence-electron chi connectivity index (χ4n) is 1.59. The van der Waals surface area contributed by atoms with Gasteiger partial charge in [-0.25, -0.2) is 13.8 Å². The van der Waals surface area contributed by atoms with Gasteiger partial charge in [0.1, 0.15) is 17.1 Å². The number of aromatic amines is 1. The minimum atomic E-state index is -0.903. The van der Waals surface area contributed by atoms with Crippen molar-refractivity contribution in [1.29, 1.82) is 0 Å². The molecular formula is C13H12F2N2OS. The lowest BCUT2D eigenvalue weighted by molar-refractivity contribution is 0.128. The van der Waals surface area contributed by atoms with Gasteiger partial charge in [0.05, 0.1) is 0 Å². The third kappa shape index (κ3) is 3.42. The van der Waals surface area contributed by atoms with Crippen molar-refractivity contribution in [1.82, 2.24) is 9.97 Å². The molecule has 6 heteroatoms. The fraction of sp³-hybridized carbons (Fsp3) is 0.231. The van der Waals surface area contributed by atoms with Gasteiger partial charge in [-0.05, 0) is 31.2 Å². The van der Waals surface area contributed by atoms with Gasteiger partial charge in [0.2, 0.25) is 0 Å². The Bertz CT molecular complexity index is 643. The Balaban J connectivity index is 2.40. The van der Waals surface area contributed by atoms with Crippen LogP contribution in [0.3, 0.4) is 0 Å². The molecule has 0 bridgehead atoms. The quantitative estimate of drug-likeness (QED) is 0.870. The van der Waals surface area contributed by atoms with E-state index in [0.717, 1.165) is 12.1 Å². The highest BCUT2D eigenvalue weighted by Crippen LogP contribution is 2.19. The van der Waals surface area contributed by atoms with E-state index in [-0.39, 0.29) is 6.61 Å². The van der Waals surface area contributed by atoms with Crippen LogP contribution in [0.15, 0.2) is 24.3 Å². The number of nitrogens with one attached hydrogen (secondary N) is 1. The van der Waals surface area contributed by atoms with Crippen molar-refractivity contribution < 1.29 is 13.5 Å². The van der Waals surface area contributed by atoms with Crippen LogP contribution in [0.25, 0.3) is 11.3 Å². The zero-order chi connectivity index (χ0) is 13.8. The van der Waals surface area contributed by atoms with Gasteiger partial charge in [0.15, 0.2) is 11.6 Å². The number of hydrogen-bond acceptors (Lipinski definition) is 3. The number of hydrogen-bond donors (Lipinski definition) is 1. The first kappa shape index (κ1) is 13.8. The summed E-state index contributed by atoms with van der Waals surface area (Å²) in [6, 6.07) is 5.26. The van der Waals surface area contributed by atoms with Crippen LogP contribution in [-0.2, 0) is 11.3 Å². The first-order valence-corrected chi connectivity index (χ1v) is 6.14. The third-order valence-electron chi connectivity index (χ3n) is 2.47. The van der Waals surface area contributed by atoms with E-state index in [2.05, 4.69) is 9.97 Å². The minimum Gasteiger partial charge on any atom is -0.374 e. The molecule has 0 spiro atoms. The second-order valence-electron chi connectivity index (χ2n) is 3.85. The molecule has 2 rings (SSSR count). The van der Waals surface area contributed by atoms with Gasteiger partial charge in [-0.15, -0.1) is 0 Å². The number of H-pyrrole nitrogens is 1. The van der Waals surface area contributed by atoms with Crippen molar-refractivity contribution in [3.05, 3.63) is 46.4 Å². The summed E-state index contributed by atoms with van der Waals surface area (Å²) in [7, 11) is 0. The Labute approximate surface area is 114 Å². The predicted octanol–water partition coefficient (Wildman–Crippen LogP) is 3.62. The Hall–Kier alpha value is -1.66. The summed E-state index contributed by atoms with van der Waals surface area (Å²) in [6.07, 6.45) is 0. The van der Waals surface area contributed by atoms with Gasteiger partial charge in [0, 0.05) is 17.9 Å². The fourth-order valence-corrected chi connectivity index (χ4v) is 1.82. The molecule has 1 aromatic heterocycles. The number of aromatic nitrogens is 2. The molecule has 0 aliphatic heterocycles. The van der Waals surface area contributed by atoms with Gasteiger partial charge in [-0.2, -0.15) is 0 Å². The van der Waals surface area contributed by atoms with Gasteiger partial charge < -0.3 is 9.72 Å². The number of nitrogens with zero attached hydrogens (tertiary/aromatic N) is 1. The second kappa shape index (κ2) is 5.99. The van der Waals surface area contributed by atoms with Crippen LogP contribution in [0.4, 0.5) is 8.78 Å². The van der Waals surface area contributed by atoms with E-state index in [9.17, 15) is 8.78 Å². The molecule has 0 aliphatic carbocycles. The minimum absolute atomic E-state index is 0.289. The normalized spacial score (nSPS) is 10.7. The molecule has 2 aromatic rings. The van der Waals surface area contributed by atoms with Crippen LogP contribution >= 0.6 is 12.2 Å². The van der Waals surface area contributed by atoms with Crippen molar-refractivity contribution >= 4 is 12.2 Å². The molecule has 0 saturated carbocycles. The largest absolute Gasteiger partial charge is 0.374 e. The Morgan fingerprint density at radius 1 is 1.26 bits per heavy atom. The molecule has 1 heterocycles. The summed E-state index contributed by atoms with van der Waals surface area (Å²) < 4.78 is 31.7. The zero-order valence-corrected chi connectivity index (χ0v) is 11.1. The molecule has 0 aliphatic rings. The predicted molar refractivity (Wildman–Crippen MR) is 70.1 cm³/mol. The molecular weight excluding hydrogens is 270 g/mol. The smallest absolute Gasteiger partial charge is 0.159 e. The average molecular weight is 282 g/mol. The molecule has 100 valence electrons. The number of halogens is 2. The van der Waals surface area contributed by atoms with Crippen molar-refractivity contribution in [2.45, 2.75) is 13.5 Å². The highest BCUT2D eigenvalue weighted by Gasteiger charge is 2.06. The van der Waals surface area contributed by atoms with E-state index >= 15 is 0 Å². The van der Waals surface area contributed by atoms with Crippen LogP contribution in [0.2, 0.25) is 0 Å². The van der Waals surface area contributed by atoms with Crippen LogP contribution in [0.5, 0.6) is 0 Å². The highest BCUT2D eigenvalue weighted by atomic mass is 32.1. The van der Waals surface area contributed by atoms with Gasteiger partial charge in [-0.1, -0.05) is 12.2 Å². The molecule has 0 saturated heterocycles. The summed E-state index contributed by atoms with van der Waals surface area (Å²) in [4.78, 5) is 7.09. The maximum Gasteiger partial charge on any atom is 0.159 e. The molecule has 1 N–H and O–H groups in total. The van der Waals surface area contributed by atoms with Crippen molar-refractivity contribution in [2.75, 3.05) is 6.61 Å². The van der Waals surface area contributed by atoms with E-state index in [1.807, 2.05) is 6.92 Å². The zero-order valence-electron chi connectivity index (χ0n) is 10.2. The summed E-state index contributed by atoms with van der Waals surface area (Å²) in [5.41, 5.74) is 1.08. The van der Waals surface area contributed by atoms with Crippen LogP contribution in [0, 0.1) is 16.3 Å². The Morgan fingerprint density at radius 3 is 2.74 bits per heavy atom. The standard InChI is InChI=1S/C13H12F2N2OS/c1-2-18-7-12-16-11(6-13(19)17-12)8-3-4-9(14)10(15)5-8/h3-6H,2,7H2,1H3,(H,16,17,19). The van der Waals surface area contributed by atoms with Crippen molar-refractivity contribution in [3.63, 3.8) is 0 Å².